The van der Waals surface area contributed by atoms with E-state index in [1.54, 1.807) is 6.07 Å². The molecule has 2 aromatic rings. The van der Waals surface area contributed by atoms with Gasteiger partial charge in [0.1, 0.15) is 5.58 Å². The van der Waals surface area contributed by atoms with E-state index in [2.05, 4.69) is 10.6 Å². The number of amides is 1. The smallest absolute Gasteiger partial charge is 0.287 e. The van der Waals surface area contributed by atoms with Crippen LogP contribution in [-0.4, -0.2) is 25.0 Å². The molecule has 1 aromatic carbocycles. The maximum atomic E-state index is 11.9. The second kappa shape index (κ2) is 5.05. The second-order valence-electron chi connectivity index (χ2n) is 5.14. The molecule has 1 aliphatic rings. The molecule has 2 N–H and O–H groups in total. The maximum absolute atomic E-state index is 11.9. The van der Waals surface area contributed by atoms with Gasteiger partial charge in [-0.15, -0.1) is 0 Å². The molecule has 0 bridgehead atoms. The first-order chi connectivity index (χ1) is 9.22. The highest BCUT2D eigenvalue weighted by Crippen LogP contribution is 2.20. The molecule has 0 unspecified atom stereocenters. The van der Waals surface area contributed by atoms with Gasteiger partial charge in [0.05, 0.1) is 0 Å². The molecule has 1 fully saturated rings. The molecule has 0 saturated heterocycles. The fourth-order valence-corrected chi connectivity index (χ4v) is 2.10. The third-order valence-electron chi connectivity index (χ3n) is 3.32. The highest BCUT2D eigenvalue weighted by molar-refractivity contribution is 5.96. The van der Waals surface area contributed by atoms with Gasteiger partial charge in [0.2, 0.25) is 0 Å². The van der Waals surface area contributed by atoms with Crippen LogP contribution in [0.15, 0.2) is 28.7 Å². The largest absolute Gasteiger partial charge is 0.451 e. The van der Waals surface area contributed by atoms with E-state index in [9.17, 15) is 4.79 Å². The van der Waals surface area contributed by atoms with E-state index in [0.29, 0.717) is 18.3 Å². The Hall–Kier alpha value is -1.81. The average molecular weight is 258 g/mol. The van der Waals surface area contributed by atoms with E-state index in [4.69, 9.17) is 4.42 Å². The van der Waals surface area contributed by atoms with E-state index in [1.807, 2.05) is 25.1 Å². The van der Waals surface area contributed by atoms with E-state index in [1.165, 1.54) is 12.8 Å². The molecule has 0 aliphatic heterocycles. The molecule has 4 nitrogen and oxygen atoms in total. The van der Waals surface area contributed by atoms with Crippen LogP contribution in [-0.2, 0) is 0 Å². The van der Waals surface area contributed by atoms with Crippen molar-refractivity contribution in [3.05, 3.63) is 35.6 Å². The van der Waals surface area contributed by atoms with Crippen molar-refractivity contribution >= 4 is 16.9 Å². The van der Waals surface area contributed by atoms with Crippen LogP contribution in [0.1, 0.15) is 29.0 Å². The molecular formula is C15H18N2O2. The van der Waals surface area contributed by atoms with E-state index in [0.717, 1.165) is 23.1 Å². The Labute approximate surface area is 112 Å². The van der Waals surface area contributed by atoms with E-state index >= 15 is 0 Å². The monoisotopic (exact) mass is 258 g/mol. The van der Waals surface area contributed by atoms with Crippen LogP contribution in [0.5, 0.6) is 0 Å². The number of hydrogen-bond donors (Lipinski definition) is 2. The molecule has 0 atom stereocenters. The summed E-state index contributed by atoms with van der Waals surface area (Å²) in [6.07, 6.45) is 2.52. The Morgan fingerprint density at radius 2 is 2.16 bits per heavy atom. The van der Waals surface area contributed by atoms with Crippen LogP contribution in [0.25, 0.3) is 11.0 Å². The Kier molecular flexibility index (Phi) is 3.25. The zero-order valence-corrected chi connectivity index (χ0v) is 11.0. The number of carbonyl (C=O) groups excluding carboxylic acids is 1. The van der Waals surface area contributed by atoms with Crippen molar-refractivity contribution < 1.29 is 9.21 Å². The Bertz CT molecular complexity index is 599. The Morgan fingerprint density at radius 1 is 1.32 bits per heavy atom. The first kappa shape index (κ1) is 12.2. The molecule has 3 rings (SSSR count). The fraction of sp³-hybridized carbons (Fsp3) is 0.400. The van der Waals surface area contributed by atoms with Crippen LogP contribution in [0.4, 0.5) is 0 Å². The van der Waals surface area contributed by atoms with Crippen molar-refractivity contribution in [1.29, 1.82) is 0 Å². The summed E-state index contributed by atoms with van der Waals surface area (Å²) in [5.74, 6) is 0.235. The van der Waals surface area contributed by atoms with Crippen molar-refractivity contribution in [2.75, 3.05) is 13.1 Å². The van der Waals surface area contributed by atoms with Crippen LogP contribution in [0.3, 0.4) is 0 Å². The molecule has 0 spiro atoms. The highest BCUT2D eigenvalue weighted by Gasteiger charge is 2.19. The van der Waals surface area contributed by atoms with Gasteiger partial charge in [-0.05, 0) is 38.0 Å². The Balaban J connectivity index is 1.60. The van der Waals surface area contributed by atoms with Gasteiger partial charge >= 0.3 is 0 Å². The van der Waals surface area contributed by atoms with Crippen molar-refractivity contribution in [1.82, 2.24) is 10.6 Å². The molecule has 1 saturated carbocycles. The van der Waals surface area contributed by atoms with Gasteiger partial charge in [-0.25, -0.2) is 0 Å². The minimum Gasteiger partial charge on any atom is -0.451 e. The molecule has 1 amide bonds. The minimum absolute atomic E-state index is 0.147. The number of rotatable bonds is 5. The molecule has 100 valence electrons. The predicted molar refractivity (Wildman–Crippen MR) is 74.3 cm³/mol. The number of furan rings is 1. The van der Waals surface area contributed by atoms with Crippen molar-refractivity contribution in [2.24, 2.45) is 0 Å². The molecule has 0 radical (unpaired) electrons. The maximum Gasteiger partial charge on any atom is 0.287 e. The lowest BCUT2D eigenvalue weighted by Crippen LogP contribution is -2.32. The SMILES string of the molecule is Cc1ccc2oc(C(=O)NCCNC3CC3)cc2c1. The predicted octanol–water partition coefficient (Wildman–Crippen LogP) is 2.22. The van der Waals surface area contributed by atoms with Crippen LogP contribution in [0.2, 0.25) is 0 Å². The highest BCUT2D eigenvalue weighted by atomic mass is 16.3. The molecule has 4 heteroatoms. The summed E-state index contributed by atoms with van der Waals surface area (Å²) in [7, 11) is 0. The van der Waals surface area contributed by atoms with Crippen LogP contribution in [0, 0.1) is 6.92 Å². The standard InChI is InChI=1S/C15H18N2O2/c1-10-2-5-13-11(8-10)9-14(19-13)15(18)17-7-6-16-12-3-4-12/h2,5,8-9,12,16H,3-4,6-7H2,1H3,(H,17,18). The summed E-state index contributed by atoms with van der Waals surface area (Å²) in [5, 5.41) is 7.19. The first-order valence-electron chi connectivity index (χ1n) is 6.74. The van der Waals surface area contributed by atoms with Gasteiger partial charge in [0, 0.05) is 24.5 Å². The number of carbonyl (C=O) groups is 1. The average Bonchev–Trinajstić information content (AvgIpc) is 3.12. The van der Waals surface area contributed by atoms with Gasteiger partial charge in [0.15, 0.2) is 5.76 Å². The van der Waals surface area contributed by atoms with E-state index in [-0.39, 0.29) is 5.91 Å². The first-order valence-corrected chi connectivity index (χ1v) is 6.74. The summed E-state index contributed by atoms with van der Waals surface area (Å²) < 4.78 is 5.54. The second-order valence-corrected chi connectivity index (χ2v) is 5.14. The lowest BCUT2D eigenvalue weighted by Gasteiger charge is -2.03. The Morgan fingerprint density at radius 3 is 2.95 bits per heavy atom. The lowest BCUT2D eigenvalue weighted by molar-refractivity contribution is 0.0928. The molecule has 1 aromatic heterocycles. The normalized spacial score (nSPS) is 14.8. The van der Waals surface area contributed by atoms with Crippen LogP contribution < -0.4 is 10.6 Å². The zero-order valence-electron chi connectivity index (χ0n) is 11.0. The number of fused-ring (bicyclic) bond motifs is 1. The number of nitrogens with one attached hydrogen (secondary N) is 2. The lowest BCUT2D eigenvalue weighted by atomic mass is 10.2. The molecule has 19 heavy (non-hydrogen) atoms. The van der Waals surface area contributed by atoms with Gasteiger partial charge in [-0.3, -0.25) is 4.79 Å². The molecular weight excluding hydrogens is 240 g/mol. The summed E-state index contributed by atoms with van der Waals surface area (Å²) >= 11 is 0. The van der Waals surface area contributed by atoms with Gasteiger partial charge in [-0.1, -0.05) is 11.6 Å². The summed E-state index contributed by atoms with van der Waals surface area (Å²) in [4.78, 5) is 11.9. The third-order valence-corrected chi connectivity index (χ3v) is 3.32. The van der Waals surface area contributed by atoms with Gasteiger partial charge in [0.25, 0.3) is 5.91 Å². The van der Waals surface area contributed by atoms with Crippen molar-refractivity contribution in [3.63, 3.8) is 0 Å². The quantitative estimate of drug-likeness (QED) is 0.809. The minimum atomic E-state index is -0.147. The fourth-order valence-electron chi connectivity index (χ4n) is 2.10. The van der Waals surface area contributed by atoms with Crippen molar-refractivity contribution in [2.45, 2.75) is 25.8 Å². The molecule has 1 heterocycles. The number of aryl methyl sites for hydroxylation is 1. The van der Waals surface area contributed by atoms with Gasteiger partial charge < -0.3 is 15.1 Å². The number of benzene rings is 1. The summed E-state index contributed by atoms with van der Waals surface area (Å²) in [6.45, 7) is 3.47. The van der Waals surface area contributed by atoms with Gasteiger partial charge in [-0.2, -0.15) is 0 Å². The van der Waals surface area contributed by atoms with E-state index < -0.39 is 0 Å². The summed E-state index contributed by atoms with van der Waals surface area (Å²) in [6, 6.07) is 8.37. The molecule has 1 aliphatic carbocycles. The zero-order chi connectivity index (χ0) is 13.2. The van der Waals surface area contributed by atoms with Crippen LogP contribution >= 0.6 is 0 Å². The topological polar surface area (TPSA) is 54.3 Å². The third kappa shape index (κ3) is 2.96. The summed E-state index contributed by atoms with van der Waals surface area (Å²) in [5.41, 5.74) is 1.92. The van der Waals surface area contributed by atoms with Crippen molar-refractivity contribution in [3.8, 4) is 0 Å². The number of hydrogen-bond acceptors (Lipinski definition) is 3.